The molecule has 1 aliphatic rings. The lowest BCUT2D eigenvalue weighted by Gasteiger charge is -2.11. The van der Waals surface area contributed by atoms with Crippen LogP contribution in [0.5, 0.6) is 5.75 Å². The summed E-state index contributed by atoms with van der Waals surface area (Å²) < 4.78 is 5.18. The molecule has 3 nitrogen and oxygen atoms in total. The molecule has 1 aromatic rings. The molecule has 92 valence electrons. The summed E-state index contributed by atoms with van der Waals surface area (Å²) in [5.41, 5.74) is 9.20. The van der Waals surface area contributed by atoms with Crippen molar-refractivity contribution in [2.24, 2.45) is 0 Å². The standard InChI is InChI=1S/C14H20N2O/c1-17-12-6-7-13(15)14(10-12)16-9-8-11-4-2-3-5-11/h4,6-7,10,16H,2-3,5,8-9,15H2,1H3. The van der Waals surface area contributed by atoms with Crippen molar-refractivity contribution in [3.05, 3.63) is 29.8 Å². The molecule has 0 aliphatic heterocycles. The van der Waals surface area contributed by atoms with Gasteiger partial charge in [0.1, 0.15) is 5.75 Å². The summed E-state index contributed by atoms with van der Waals surface area (Å²) in [5.74, 6) is 0.835. The smallest absolute Gasteiger partial charge is 0.121 e. The Bertz CT molecular complexity index is 413. The molecule has 3 N–H and O–H groups in total. The van der Waals surface area contributed by atoms with Crippen LogP contribution in [0.25, 0.3) is 0 Å². The molecule has 0 radical (unpaired) electrons. The summed E-state index contributed by atoms with van der Waals surface area (Å²) in [6.07, 6.45) is 7.29. The van der Waals surface area contributed by atoms with Crippen molar-refractivity contribution in [2.75, 3.05) is 24.7 Å². The van der Waals surface area contributed by atoms with Gasteiger partial charge in [0.05, 0.1) is 18.5 Å². The number of nitrogens with one attached hydrogen (secondary N) is 1. The van der Waals surface area contributed by atoms with Crippen LogP contribution in [0.2, 0.25) is 0 Å². The number of hydrogen-bond acceptors (Lipinski definition) is 3. The molecule has 2 rings (SSSR count). The van der Waals surface area contributed by atoms with Crippen LogP contribution in [-0.4, -0.2) is 13.7 Å². The van der Waals surface area contributed by atoms with E-state index in [1.807, 2.05) is 18.2 Å². The van der Waals surface area contributed by atoms with E-state index >= 15 is 0 Å². The fraction of sp³-hybridized carbons (Fsp3) is 0.429. The Kier molecular flexibility index (Phi) is 3.91. The van der Waals surface area contributed by atoms with Gasteiger partial charge < -0.3 is 15.8 Å². The van der Waals surface area contributed by atoms with Crippen LogP contribution in [0.15, 0.2) is 29.8 Å². The Morgan fingerprint density at radius 1 is 1.41 bits per heavy atom. The molecule has 17 heavy (non-hydrogen) atoms. The maximum absolute atomic E-state index is 5.91. The third-order valence-electron chi connectivity index (χ3n) is 3.16. The van der Waals surface area contributed by atoms with E-state index in [-0.39, 0.29) is 0 Å². The van der Waals surface area contributed by atoms with Gasteiger partial charge in [-0.25, -0.2) is 0 Å². The van der Waals surface area contributed by atoms with Gasteiger partial charge in [0.15, 0.2) is 0 Å². The van der Waals surface area contributed by atoms with Gasteiger partial charge in [-0.05, 0) is 37.8 Å². The minimum atomic E-state index is 0.770. The summed E-state index contributed by atoms with van der Waals surface area (Å²) in [7, 11) is 1.67. The molecule has 0 heterocycles. The molecule has 0 unspecified atom stereocenters. The number of ether oxygens (including phenoxy) is 1. The van der Waals surface area contributed by atoms with Gasteiger partial charge in [-0.15, -0.1) is 0 Å². The average Bonchev–Trinajstić information content (AvgIpc) is 2.84. The third-order valence-corrected chi connectivity index (χ3v) is 3.16. The lowest BCUT2D eigenvalue weighted by atomic mass is 10.1. The topological polar surface area (TPSA) is 47.3 Å². The van der Waals surface area contributed by atoms with Crippen molar-refractivity contribution in [3.8, 4) is 5.75 Å². The van der Waals surface area contributed by atoms with Crippen LogP contribution in [-0.2, 0) is 0 Å². The number of benzene rings is 1. The van der Waals surface area contributed by atoms with Gasteiger partial charge >= 0.3 is 0 Å². The predicted octanol–water partition coefficient (Wildman–Crippen LogP) is 3.19. The number of anilines is 2. The number of nitrogen functional groups attached to an aromatic ring is 1. The second kappa shape index (κ2) is 5.62. The highest BCUT2D eigenvalue weighted by Crippen LogP contribution is 2.25. The Hall–Kier alpha value is -1.64. The maximum atomic E-state index is 5.91. The minimum Gasteiger partial charge on any atom is -0.497 e. The summed E-state index contributed by atoms with van der Waals surface area (Å²) in [6, 6.07) is 5.69. The molecule has 0 atom stereocenters. The number of rotatable bonds is 5. The van der Waals surface area contributed by atoms with Gasteiger partial charge in [0.25, 0.3) is 0 Å². The zero-order valence-electron chi connectivity index (χ0n) is 10.3. The maximum Gasteiger partial charge on any atom is 0.121 e. The quantitative estimate of drug-likeness (QED) is 0.605. The van der Waals surface area contributed by atoms with Crippen molar-refractivity contribution >= 4 is 11.4 Å². The molecule has 3 heteroatoms. The number of methoxy groups -OCH3 is 1. The van der Waals surface area contributed by atoms with Crippen LogP contribution in [0.3, 0.4) is 0 Å². The van der Waals surface area contributed by atoms with E-state index < -0.39 is 0 Å². The Morgan fingerprint density at radius 2 is 2.29 bits per heavy atom. The van der Waals surface area contributed by atoms with E-state index in [1.54, 1.807) is 12.7 Å². The molecular formula is C14H20N2O. The molecule has 0 saturated heterocycles. The molecule has 0 aromatic heterocycles. The molecule has 0 fully saturated rings. The second-order valence-electron chi connectivity index (χ2n) is 4.38. The number of allylic oxidation sites excluding steroid dienone is 1. The Balaban J connectivity index is 1.89. The molecular weight excluding hydrogens is 212 g/mol. The van der Waals surface area contributed by atoms with Gasteiger partial charge in [-0.2, -0.15) is 0 Å². The molecule has 1 aromatic carbocycles. The van der Waals surface area contributed by atoms with Gasteiger partial charge in [0, 0.05) is 12.6 Å². The highest BCUT2D eigenvalue weighted by atomic mass is 16.5. The lowest BCUT2D eigenvalue weighted by molar-refractivity contribution is 0.415. The van der Waals surface area contributed by atoms with Crippen molar-refractivity contribution in [2.45, 2.75) is 25.7 Å². The molecule has 0 spiro atoms. The Morgan fingerprint density at radius 3 is 3.00 bits per heavy atom. The summed E-state index contributed by atoms with van der Waals surface area (Å²) in [6.45, 7) is 0.934. The van der Waals surface area contributed by atoms with Crippen LogP contribution >= 0.6 is 0 Å². The van der Waals surface area contributed by atoms with Crippen molar-refractivity contribution in [1.29, 1.82) is 0 Å². The van der Waals surface area contributed by atoms with Crippen LogP contribution < -0.4 is 15.8 Å². The fourth-order valence-corrected chi connectivity index (χ4v) is 2.14. The van der Waals surface area contributed by atoms with E-state index in [0.29, 0.717) is 0 Å². The predicted molar refractivity (Wildman–Crippen MR) is 72.4 cm³/mol. The van der Waals surface area contributed by atoms with Crippen LogP contribution in [0.1, 0.15) is 25.7 Å². The highest BCUT2D eigenvalue weighted by molar-refractivity contribution is 5.68. The first-order valence-corrected chi connectivity index (χ1v) is 6.15. The first kappa shape index (κ1) is 11.8. The summed E-state index contributed by atoms with van der Waals surface area (Å²) in [4.78, 5) is 0. The Labute approximate surface area is 103 Å². The number of hydrogen-bond donors (Lipinski definition) is 2. The first-order chi connectivity index (χ1) is 8.29. The van der Waals surface area contributed by atoms with E-state index in [4.69, 9.17) is 10.5 Å². The average molecular weight is 232 g/mol. The van der Waals surface area contributed by atoms with E-state index in [9.17, 15) is 0 Å². The molecule has 0 bridgehead atoms. The van der Waals surface area contributed by atoms with E-state index in [1.165, 1.54) is 19.3 Å². The largest absolute Gasteiger partial charge is 0.497 e. The zero-order chi connectivity index (χ0) is 12.1. The van der Waals surface area contributed by atoms with Crippen molar-refractivity contribution < 1.29 is 4.74 Å². The van der Waals surface area contributed by atoms with Gasteiger partial charge in [-0.3, -0.25) is 0 Å². The minimum absolute atomic E-state index is 0.770. The molecule has 1 aliphatic carbocycles. The summed E-state index contributed by atoms with van der Waals surface area (Å²) >= 11 is 0. The normalized spacial score (nSPS) is 14.5. The monoisotopic (exact) mass is 232 g/mol. The van der Waals surface area contributed by atoms with Crippen molar-refractivity contribution in [3.63, 3.8) is 0 Å². The van der Waals surface area contributed by atoms with Crippen LogP contribution in [0, 0.1) is 0 Å². The van der Waals surface area contributed by atoms with E-state index in [2.05, 4.69) is 11.4 Å². The van der Waals surface area contributed by atoms with Gasteiger partial charge in [0.2, 0.25) is 0 Å². The SMILES string of the molecule is COc1ccc(N)c(NCCC2=CCCC2)c1. The second-order valence-corrected chi connectivity index (χ2v) is 4.38. The molecule has 0 saturated carbocycles. The zero-order valence-corrected chi connectivity index (χ0v) is 10.3. The number of nitrogens with two attached hydrogens (primary N) is 1. The first-order valence-electron chi connectivity index (χ1n) is 6.15. The van der Waals surface area contributed by atoms with Crippen LogP contribution in [0.4, 0.5) is 11.4 Å². The highest BCUT2D eigenvalue weighted by Gasteiger charge is 2.05. The van der Waals surface area contributed by atoms with E-state index in [0.717, 1.165) is 30.1 Å². The van der Waals surface area contributed by atoms with Crippen molar-refractivity contribution in [1.82, 2.24) is 0 Å². The third kappa shape index (κ3) is 3.16. The fourth-order valence-electron chi connectivity index (χ4n) is 2.14. The lowest BCUT2D eigenvalue weighted by Crippen LogP contribution is -2.05. The molecule has 0 amide bonds. The van der Waals surface area contributed by atoms with Gasteiger partial charge in [-0.1, -0.05) is 11.6 Å². The summed E-state index contributed by atoms with van der Waals surface area (Å²) in [5, 5.41) is 3.37.